The third-order valence-corrected chi connectivity index (χ3v) is 11.6. The number of aromatic nitrogens is 1. The molecule has 10 heteroatoms. The molecule has 2 bridgehead atoms. The van der Waals surface area contributed by atoms with Crippen LogP contribution in [0.1, 0.15) is 29.2 Å². The van der Waals surface area contributed by atoms with Crippen molar-refractivity contribution >= 4 is 53.1 Å². The number of carboxylic acid groups (broad SMARTS) is 1. The van der Waals surface area contributed by atoms with Crippen LogP contribution in [-0.2, 0) is 21.4 Å². The van der Waals surface area contributed by atoms with E-state index in [2.05, 4.69) is 16.7 Å². The van der Waals surface area contributed by atoms with Crippen molar-refractivity contribution in [3.63, 3.8) is 0 Å². The van der Waals surface area contributed by atoms with Crippen LogP contribution in [0.25, 0.3) is 0 Å². The second kappa shape index (κ2) is 7.93. The number of hydrogen-bond donors (Lipinski definition) is 1. The topological polar surface area (TPSA) is 88.8 Å². The van der Waals surface area contributed by atoms with Gasteiger partial charge in [-0.1, -0.05) is 12.1 Å². The molecule has 6 rings (SSSR count). The highest BCUT2D eigenvalue weighted by molar-refractivity contribution is 8.00. The van der Waals surface area contributed by atoms with Crippen molar-refractivity contribution in [3.05, 3.63) is 38.7 Å². The van der Waals surface area contributed by atoms with Crippen LogP contribution in [0.5, 0.6) is 5.75 Å². The summed E-state index contributed by atoms with van der Waals surface area (Å²) < 4.78 is 8.28. The Bertz CT molecular complexity index is 1270. The molecule has 7 atom stereocenters. The summed E-state index contributed by atoms with van der Waals surface area (Å²) in [6.07, 6.45) is 0.658. The molecule has 3 fully saturated rings. The fourth-order valence-electron chi connectivity index (χ4n) is 6.85. The van der Waals surface area contributed by atoms with E-state index in [1.807, 2.05) is 30.9 Å². The lowest BCUT2D eigenvalue weighted by molar-refractivity contribution is -0.142. The van der Waals surface area contributed by atoms with Gasteiger partial charge < -0.3 is 14.4 Å². The summed E-state index contributed by atoms with van der Waals surface area (Å²) >= 11 is 9.10. The first kappa shape index (κ1) is 22.3. The second-order valence-corrected chi connectivity index (χ2v) is 12.4. The lowest BCUT2D eigenvalue weighted by atomic mass is 9.68. The number of imide groups is 1. The Hall–Kier alpha value is -2.17. The Kier molecular flexibility index (Phi) is 5.20. The first-order valence-electron chi connectivity index (χ1n) is 11.4. The number of fused-ring (bicyclic) bond motifs is 9. The second-order valence-electron chi connectivity index (χ2n) is 9.59. The molecule has 2 amide bonds. The van der Waals surface area contributed by atoms with Gasteiger partial charge in [-0.3, -0.25) is 19.3 Å². The van der Waals surface area contributed by atoms with Gasteiger partial charge in [0, 0.05) is 29.6 Å². The van der Waals surface area contributed by atoms with Gasteiger partial charge in [-0.15, -0.1) is 23.1 Å². The molecule has 2 aromatic rings. The number of methoxy groups -OCH3 is 1. The van der Waals surface area contributed by atoms with Crippen LogP contribution in [0.15, 0.2) is 29.3 Å². The standard InChI is InChI=1S/C24H24N2O5S3/c1-25-23-20(34-24(25)32)15(10-3-5-11(31-2)6-4-10)16-12-9-13(19(16)33-23)18-17(12)21(29)26(22(18)30)8-7-14(27)28/h3-6,12-13,15-19H,7-9H2,1-2H3,(H,27,28)/t12-,13+,15+,16-,17+,18+,19-/m1/s1. The highest BCUT2D eigenvalue weighted by atomic mass is 32.2. The number of aliphatic carboxylic acids is 1. The largest absolute Gasteiger partial charge is 0.497 e. The first-order valence-corrected chi connectivity index (χ1v) is 13.5. The SMILES string of the molecule is COc1ccc([C@@H]2c3sc(=S)n(C)c3S[C@@H]3[C@H]4C[C@@H]([C@@H]5C(=O)N(CCC(=O)O)C(=O)[C@@H]45)[C@H]23)cc1. The smallest absolute Gasteiger partial charge is 0.305 e. The predicted molar refractivity (Wildman–Crippen MR) is 130 cm³/mol. The molecule has 2 saturated carbocycles. The summed E-state index contributed by atoms with van der Waals surface area (Å²) in [7, 11) is 3.65. The highest BCUT2D eigenvalue weighted by Gasteiger charge is 2.69. The van der Waals surface area contributed by atoms with E-state index in [0.717, 1.165) is 16.1 Å². The maximum Gasteiger partial charge on any atom is 0.305 e. The molecule has 0 spiro atoms. The maximum absolute atomic E-state index is 13.4. The van der Waals surface area contributed by atoms with Gasteiger partial charge in [-0.05, 0) is 54.1 Å². The summed E-state index contributed by atoms with van der Waals surface area (Å²) in [6, 6.07) is 8.16. The average molecular weight is 517 g/mol. The Balaban J connectivity index is 1.42. The minimum atomic E-state index is -0.999. The van der Waals surface area contributed by atoms with E-state index in [9.17, 15) is 14.4 Å². The third-order valence-electron chi connectivity index (χ3n) is 8.18. The lowest BCUT2D eigenvalue weighted by Gasteiger charge is -2.43. The number of ether oxygens (including phenoxy) is 1. The Labute approximate surface area is 210 Å². The van der Waals surface area contributed by atoms with Crippen LogP contribution >= 0.6 is 35.3 Å². The van der Waals surface area contributed by atoms with Gasteiger partial charge in [0.25, 0.3) is 0 Å². The summed E-state index contributed by atoms with van der Waals surface area (Å²) in [5.41, 5.74) is 1.18. The monoisotopic (exact) mass is 516 g/mol. The van der Waals surface area contributed by atoms with Crippen molar-refractivity contribution in [1.29, 1.82) is 0 Å². The fourth-order valence-corrected chi connectivity index (χ4v) is 10.4. The average Bonchev–Trinajstić information content (AvgIpc) is 3.53. The molecular weight excluding hydrogens is 492 g/mol. The number of amides is 2. The van der Waals surface area contributed by atoms with Gasteiger partial charge in [0.1, 0.15) is 5.75 Å². The normalized spacial score (nSPS) is 33.1. The number of likely N-dealkylation sites (tertiary alicyclic amines) is 1. The summed E-state index contributed by atoms with van der Waals surface area (Å²) in [5.74, 6) is -0.685. The van der Waals surface area contributed by atoms with Crippen LogP contribution in [0, 0.1) is 33.5 Å². The van der Waals surface area contributed by atoms with Gasteiger partial charge >= 0.3 is 5.97 Å². The van der Waals surface area contributed by atoms with Crippen molar-refractivity contribution in [3.8, 4) is 5.75 Å². The Morgan fingerprint density at radius 1 is 1.18 bits per heavy atom. The van der Waals surface area contributed by atoms with Crippen LogP contribution < -0.4 is 4.74 Å². The zero-order valence-electron chi connectivity index (χ0n) is 18.7. The van der Waals surface area contributed by atoms with Crippen molar-refractivity contribution in [1.82, 2.24) is 9.47 Å². The number of carbonyl (C=O) groups is 3. The van der Waals surface area contributed by atoms with Crippen molar-refractivity contribution in [2.45, 2.75) is 29.0 Å². The number of nitrogens with zero attached hydrogens (tertiary/aromatic N) is 2. The summed E-state index contributed by atoms with van der Waals surface area (Å²) in [6.45, 7) is -0.0363. The predicted octanol–water partition coefficient (Wildman–Crippen LogP) is 3.77. The molecule has 3 heterocycles. The number of benzene rings is 1. The van der Waals surface area contributed by atoms with Gasteiger partial charge in [0.15, 0.2) is 3.95 Å². The summed E-state index contributed by atoms with van der Waals surface area (Å²) in [4.78, 5) is 40.2. The molecule has 4 aliphatic rings. The highest BCUT2D eigenvalue weighted by Crippen LogP contribution is 2.69. The molecule has 178 valence electrons. The van der Waals surface area contributed by atoms with E-state index in [4.69, 9.17) is 22.1 Å². The van der Waals surface area contributed by atoms with Crippen LogP contribution in [0.3, 0.4) is 0 Å². The van der Waals surface area contributed by atoms with E-state index < -0.39 is 5.97 Å². The maximum atomic E-state index is 13.4. The number of carboxylic acids is 1. The van der Waals surface area contributed by atoms with Gasteiger partial charge in [-0.25, -0.2) is 0 Å². The van der Waals surface area contributed by atoms with Gasteiger partial charge in [0.05, 0.1) is 30.4 Å². The molecule has 0 unspecified atom stereocenters. The van der Waals surface area contributed by atoms with Gasteiger partial charge in [-0.2, -0.15) is 0 Å². The van der Waals surface area contributed by atoms with Gasteiger partial charge in [0.2, 0.25) is 11.8 Å². The molecule has 0 radical (unpaired) electrons. The fraction of sp³-hybridized carbons (Fsp3) is 0.500. The first-order chi connectivity index (χ1) is 16.3. The minimum absolute atomic E-state index is 0.0363. The molecule has 1 saturated heterocycles. The van der Waals surface area contributed by atoms with E-state index >= 15 is 0 Å². The number of hydrogen-bond acceptors (Lipinski definition) is 7. The van der Waals surface area contributed by atoms with Crippen molar-refractivity contribution in [2.75, 3.05) is 13.7 Å². The zero-order chi connectivity index (χ0) is 23.9. The number of thiazole rings is 1. The van der Waals surface area contributed by atoms with Crippen LogP contribution in [0.2, 0.25) is 0 Å². The Morgan fingerprint density at radius 2 is 1.85 bits per heavy atom. The third kappa shape index (κ3) is 3.01. The minimum Gasteiger partial charge on any atom is -0.497 e. The molecule has 1 aromatic carbocycles. The molecule has 7 nitrogen and oxygen atoms in total. The van der Waals surface area contributed by atoms with Crippen LogP contribution in [-0.4, -0.2) is 51.3 Å². The van der Waals surface area contributed by atoms with E-state index in [0.29, 0.717) is 0 Å². The molecule has 34 heavy (non-hydrogen) atoms. The molecule has 1 N–H and O–H groups in total. The zero-order valence-corrected chi connectivity index (χ0v) is 21.1. The summed E-state index contributed by atoms with van der Waals surface area (Å²) in [5, 5.41) is 10.5. The molecule has 1 aromatic heterocycles. The Morgan fingerprint density at radius 3 is 2.50 bits per heavy atom. The molecule has 2 aliphatic carbocycles. The quantitative estimate of drug-likeness (QED) is 0.478. The number of carbonyl (C=O) groups excluding carboxylic acids is 2. The van der Waals surface area contributed by atoms with Crippen molar-refractivity contribution < 1.29 is 24.2 Å². The molecular formula is C24H24N2O5S3. The van der Waals surface area contributed by atoms with Crippen LogP contribution in [0.4, 0.5) is 0 Å². The van der Waals surface area contributed by atoms with E-state index in [1.54, 1.807) is 18.4 Å². The van der Waals surface area contributed by atoms with E-state index in [-0.39, 0.29) is 65.5 Å². The van der Waals surface area contributed by atoms with Crippen molar-refractivity contribution in [2.24, 2.45) is 36.6 Å². The number of thioether (sulfide) groups is 1. The van der Waals surface area contributed by atoms with E-state index in [1.165, 1.54) is 20.4 Å². The molecule has 2 aliphatic heterocycles. The number of rotatable bonds is 5. The lowest BCUT2D eigenvalue weighted by Crippen LogP contribution is -2.43.